The van der Waals surface area contributed by atoms with Gasteiger partial charge in [0.2, 0.25) is 0 Å². The standard InChI is InChI=1S/C28H29N3O3/c32-27(20-34-24-10-2-1-3-11-24)29-23-12-13-26(25(18-23)28(33)30-15-6-7-16-30)31-17-14-21-8-4-5-9-22(21)19-31/h1-5,8-13,18H,6-7,14-17,19-20H2,(H,29,32). The van der Waals surface area contributed by atoms with E-state index >= 15 is 0 Å². The fraction of sp³-hybridized carbons (Fsp3) is 0.286. The third-order valence-corrected chi connectivity index (χ3v) is 6.49. The van der Waals surface area contributed by atoms with Crippen molar-refractivity contribution in [1.82, 2.24) is 4.90 Å². The predicted octanol–water partition coefficient (Wildman–Crippen LogP) is 4.50. The van der Waals surface area contributed by atoms with Crippen molar-refractivity contribution in [2.45, 2.75) is 25.8 Å². The van der Waals surface area contributed by atoms with Crippen LogP contribution in [0.3, 0.4) is 0 Å². The van der Waals surface area contributed by atoms with Gasteiger partial charge in [0.05, 0.1) is 5.56 Å². The summed E-state index contributed by atoms with van der Waals surface area (Å²) in [6.45, 7) is 3.09. The zero-order valence-corrected chi connectivity index (χ0v) is 19.2. The molecule has 1 fully saturated rings. The first kappa shape index (κ1) is 22.0. The van der Waals surface area contributed by atoms with E-state index < -0.39 is 0 Å². The highest BCUT2D eigenvalue weighted by Crippen LogP contribution is 2.31. The van der Waals surface area contributed by atoms with Gasteiger partial charge in [-0.3, -0.25) is 9.59 Å². The third-order valence-electron chi connectivity index (χ3n) is 6.49. The molecule has 0 spiro atoms. The Labute approximate surface area is 200 Å². The first-order valence-electron chi connectivity index (χ1n) is 11.9. The average Bonchev–Trinajstić information content (AvgIpc) is 3.42. The molecule has 0 aromatic heterocycles. The lowest BCUT2D eigenvalue weighted by Crippen LogP contribution is -2.34. The second-order valence-electron chi connectivity index (χ2n) is 8.82. The topological polar surface area (TPSA) is 61.9 Å². The van der Waals surface area contributed by atoms with Crippen molar-refractivity contribution < 1.29 is 14.3 Å². The fourth-order valence-electron chi connectivity index (χ4n) is 4.72. The van der Waals surface area contributed by atoms with Gasteiger partial charge < -0.3 is 19.9 Å². The van der Waals surface area contributed by atoms with Crippen LogP contribution in [0.4, 0.5) is 11.4 Å². The number of likely N-dealkylation sites (tertiary alicyclic amines) is 1. The number of nitrogens with zero attached hydrogens (tertiary/aromatic N) is 2. The van der Waals surface area contributed by atoms with Crippen molar-refractivity contribution in [3.8, 4) is 5.75 Å². The molecule has 6 nitrogen and oxygen atoms in total. The van der Waals surface area contributed by atoms with Crippen molar-refractivity contribution in [2.75, 3.05) is 36.5 Å². The van der Waals surface area contributed by atoms with Crippen LogP contribution in [0.5, 0.6) is 5.75 Å². The van der Waals surface area contributed by atoms with Gasteiger partial charge in [0.25, 0.3) is 11.8 Å². The van der Waals surface area contributed by atoms with Crippen molar-refractivity contribution in [3.63, 3.8) is 0 Å². The molecule has 174 valence electrons. The summed E-state index contributed by atoms with van der Waals surface area (Å²) in [5.41, 5.74) is 4.83. The number of hydrogen-bond acceptors (Lipinski definition) is 4. The number of carbonyl (C=O) groups excluding carboxylic acids is 2. The summed E-state index contributed by atoms with van der Waals surface area (Å²) in [5.74, 6) is 0.411. The Morgan fingerprint density at radius 3 is 2.38 bits per heavy atom. The highest BCUT2D eigenvalue weighted by Gasteiger charge is 2.26. The molecule has 0 saturated carbocycles. The maximum Gasteiger partial charge on any atom is 0.262 e. The lowest BCUT2D eigenvalue weighted by atomic mass is 9.98. The molecule has 0 atom stereocenters. The van der Waals surface area contributed by atoms with E-state index in [9.17, 15) is 9.59 Å². The predicted molar refractivity (Wildman–Crippen MR) is 133 cm³/mol. The number of nitrogens with one attached hydrogen (secondary N) is 1. The monoisotopic (exact) mass is 455 g/mol. The first-order chi connectivity index (χ1) is 16.7. The van der Waals surface area contributed by atoms with Crippen LogP contribution in [-0.2, 0) is 17.8 Å². The molecule has 3 aromatic rings. The smallest absolute Gasteiger partial charge is 0.262 e. The Bertz CT molecular complexity index is 1170. The number of benzene rings is 3. The minimum atomic E-state index is -0.261. The number of para-hydroxylation sites is 1. The summed E-state index contributed by atoms with van der Waals surface area (Å²) >= 11 is 0. The quantitative estimate of drug-likeness (QED) is 0.594. The largest absolute Gasteiger partial charge is 0.484 e. The lowest BCUT2D eigenvalue weighted by Gasteiger charge is -2.33. The van der Waals surface area contributed by atoms with Crippen LogP contribution in [0.1, 0.15) is 34.3 Å². The Morgan fingerprint density at radius 1 is 0.853 bits per heavy atom. The zero-order valence-electron chi connectivity index (χ0n) is 19.2. The van der Waals surface area contributed by atoms with Crippen LogP contribution in [0.2, 0.25) is 0 Å². The first-order valence-corrected chi connectivity index (χ1v) is 11.9. The van der Waals surface area contributed by atoms with Gasteiger partial charge >= 0.3 is 0 Å². The van der Waals surface area contributed by atoms with E-state index in [0.717, 1.165) is 51.1 Å². The summed E-state index contributed by atoms with van der Waals surface area (Å²) in [6.07, 6.45) is 3.01. The SMILES string of the molecule is O=C(COc1ccccc1)Nc1ccc(N2CCc3ccccc3C2)c(C(=O)N2CCCC2)c1. The van der Waals surface area contributed by atoms with Crippen LogP contribution in [-0.4, -0.2) is 43.0 Å². The highest BCUT2D eigenvalue weighted by molar-refractivity contribution is 6.02. The van der Waals surface area contributed by atoms with Gasteiger partial charge in [-0.05, 0) is 60.7 Å². The minimum Gasteiger partial charge on any atom is -0.484 e. The summed E-state index contributed by atoms with van der Waals surface area (Å²) < 4.78 is 5.56. The van der Waals surface area contributed by atoms with Crippen molar-refractivity contribution in [1.29, 1.82) is 0 Å². The molecule has 0 radical (unpaired) electrons. The Morgan fingerprint density at radius 2 is 1.59 bits per heavy atom. The van der Waals surface area contributed by atoms with Gasteiger partial charge in [0, 0.05) is 37.6 Å². The van der Waals surface area contributed by atoms with Crippen molar-refractivity contribution in [2.24, 2.45) is 0 Å². The summed E-state index contributed by atoms with van der Waals surface area (Å²) in [4.78, 5) is 30.2. The van der Waals surface area contributed by atoms with Gasteiger partial charge in [-0.15, -0.1) is 0 Å². The molecule has 2 amide bonds. The molecule has 0 unspecified atom stereocenters. The van der Waals surface area contributed by atoms with Crippen LogP contribution in [0.15, 0.2) is 72.8 Å². The second kappa shape index (κ2) is 10.00. The van der Waals surface area contributed by atoms with E-state index in [4.69, 9.17) is 4.74 Å². The molecule has 0 bridgehead atoms. The molecule has 6 heteroatoms. The van der Waals surface area contributed by atoms with E-state index in [1.165, 1.54) is 11.1 Å². The molecule has 1 saturated heterocycles. The van der Waals surface area contributed by atoms with E-state index in [1.54, 1.807) is 0 Å². The average molecular weight is 456 g/mol. The van der Waals surface area contributed by atoms with E-state index in [1.807, 2.05) is 53.4 Å². The van der Waals surface area contributed by atoms with Crippen molar-refractivity contribution in [3.05, 3.63) is 89.5 Å². The third kappa shape index (κ3) is 4.91. The maximum absolute atomic E-state index is 13.5. The van der Waals surface area contributed by atoms with Crippen LogP contribution in [0, 0.1) is 0 Å². The molecule has 2 aliphatic rings. The normalized spacial score (nSPS) is 15.1. The van der Waals surface area contributed by atoms with Crippen LogP contribution >= 0.6 is 0 Å². The minimum absolute atomic E-state index is 0.0305. The molecular formula is C28H29N3O3. The van der Waals surface area contributed by atoms with Crippen molar-refractivity contribution >= 4 is 23.2 Å². The molecule has 2 aliphatic heterocycles. The Balaban J connectivity index is 1.36. The number of anilines is 2. The Kier molecular flexibility index (Phi) is 6.47. The van der Waals surface area contributed by atoms with Gasteiger partial charge in [0.1, 0.15) is 5.75 Å². The van der Waals surface area contributed by atoms with Gasteiger partial charge in [-0.1, -0.05) is 42.5 Å². The summed E-state index contributed by atoms with van der Waals surface area (Å²) in [7, 11) is 0. The molecule has 0 aliphatic carbocycles. The van der Waals surface area contributed by atoms with Crippen LogP contribution < -0.4 is 15.0 Å². The number of hydrogen-bond donors (Lipinski definition) is 1. The number of amides is 2. The number of carbonyl (C=O) groups is 2. The lowest BCUT2D eigenvalue weighted by molar-refractivity contribution is -0.118. The molecule has 5 rings (SSSR count). The van der Waals surface area contributed by atoms with Crippen LogP contribution in [0.25, 0.3) is 0 Å². The molecule has 3 aromatic carbocycles. The highest BCUT2D eigenvalue weighted by atomic mass is 16.5. The molecular weight excluding hydrogens is 426 g/mol. The van der Waals surface area contributed by atoms with E-state index in [0.29, 0.717) is 17.0 Å². The van der Waals surface area contributed by atoms with Gasteiger partial charge in [-0.2, -0.15) is 0 Å². The fourth-order valence-corrected chi connectivity index (χ4v) is 4.72. The molecule has 34 heavy (non-hydrogen) atoms. The van der Waals surface area contributed by atoms with E-state index in [-0.39, 0.29) is 18.4 Å². The molecule has 2 heterocycles. The van der Waals surface area contributed by atoms with Gasteiger partial charge in [0.15, 0.2) is 6.61 Å². The Hall–Kier alpha value is -3.80. The maximum atomic E-state index is 13.5. The number of rotatable bonds is 6. The zero-order chi connectivity index (χ0) is 23.3. The molecule has 1 N–H and O–H groups in total. The second-order valence-corrected chi connectivity index (χ2v) is 8.82. The number of fused-ring (bicyclic) bond motifs is 1. The van der Waals surface area contributed by atoms with Gasteiger partial charge in [-0.25, -0.2) is 0 Å². The summed E-state index contributed by atoms with van der Waals surface area (Å²) in [5, 5.41) is 2.89. The number of ether oxygens (including phenoxy) is 1. The summed E-state index contributed by atoms with van der Waals surface area (Å²) in [6, 6.07) is 23.4. The van der Waals surface area contributed by atoms with E-state index in [2.05, 4.69) is 34.5 Å².